The molecule has 0 radical (unpaired) electrons. The van der Waals surface area contributed by atoms with Crippen LogP contribution in [0.4, 0.5) is 0 Å². The van der Waals surface area contributed by atoms with Crippen LogP contribution in [0.1, 0.15) is 50.8 Å². The van der Waals surface area contributed by atoms with Crippen molar-refractivity contribution in [3.8, 4) is 5.75 Å². The quantitative estimate of drug-likeness (QED) is 0.475. The summed E-state index contributed by atoms with van der Waals surface area (Å²) in [6, 6.07) is 17.9. The first-order chi connectivity index (χ1) is 13.5. The number of ether oxygens (including phenoxy) is 3. The van der Waals surface area contributed by atoms with E-state index in [4.69, 9.17) is 14.2 Å². The maximum Gasteiger partial charge on any atom is 0.309 e. The largest absolute Gasteiger partial charge is 0.497 e. The number of esters is 1. The molecule has 2 aromatic carbocycles. The number of rotatable bonds is 11. The van der Waals surface area contributed by atoms with E-state index in [1.807, 2.05) is 61.5 Å². The average Bonchev–Trinajstić information content (AvgIpc) is 2.71. The minimum Gasteiger partial charge on any atom is -0.497 e. The molecule has 2 rings (SSSR count). The Balaban J connectivity index is 2.19. The number of benzene rings is 2. The maximum atomic E-state index is 12.5. The van der Waals surface area contributed by atoms with Gasteiger partial charge in [-0.1, -0.05) is 56.3 Å². The normalized spacial score (nSPS) is 13.2. The molecule has 0 saturated carbocycles. The van der Waals surface area contributed by atoms with Gasteiger partial charge in [0.1, 0.15) is 5.75 Å². The van der Waals surface area contributed by atoms with Gasteiger partial charge in [0, 0.05) is 0 Å². The molecule has 28 heavy (non-hydrogen) atoms. The van der Waals surface area contributed by atoms with Crippen LogP contribution in [0, 0.1) is 11.8 Å². The summed E-state index contributed by atoms with van der Waals surface area (Å²) in [6.07, 6.45) is 1.18. The molecule has 0 fully saturated rings. The van der Waals surface area contributed by atoms with Gasteiger partial charge in [0.05, 0.1) is 32.3 Å². The van der Waals surface area contributed by atoms with Crippen LogP contribution in [0.25, 0.3) is 0 Å². The molecule has 152 valence electrons. The minimum atomic E-state index is -0.195. The van der Waals surface area contributed by atoms with E-state index in [1.54, 1.807) is 7.11 Å². The van der Waals surface area contributed by atoms with E-state index in [0.717, 1.165) is 23.3 Å². The summed E-state index contributed by atoms with van der Waals surface area (Å²) >= 11 is 0. The van der Waals surface area contributed by atoms with Gasteiger partial charge in [-0.05, 0) is 48.9 Å². The monoisotopic (exact) mass is 384 g/mol. The number of carbonyl (C=O) groups is 1. The Kier molecular flexibility index (Phi) is 9.02. The predicted octanol–water partition coefficient (Wildman–Crippen LogP) is 5.57. The fourth-order valence-electron chi connectivity index (χ4n) is 3.27. The lowest BCUT2D eigenvalue weighted by Crippen LogP contribution is -2.23. The molecule has 0 bridgehead atoms. The molecule has 2 atom stereocenters. The number of methoxy groups -OCH3 is 1. The Hall–Kier alpha value is -2.33. The third-order valence-corrected chi connectivity index (χ3v) is 4.66. The zero-order chi connectivity index (χ0) is 20.4. The molecule has 0 spiro atoms. The van der Waals surface area contributed by atoms with Crippen molar-refractivity contribution in [2.45, 2.75) is 46.3 Å². The van der Waals surface area contributed by atoms with Crippen LogP contribution < -0.4 is 4.74 Å². The highest BCUT2D eigenvalue weighted by Gasteiger charge is 2.26. The lowest BCUT2D eigenvalue weighted by molar-refractivity contribution is -0.150. The molecule has 0 heterocycles. The van der Waals surface area contributed by atoms with E-state index in [-0.39, 0.29) is 18.0 Å². The molecule has 0 aliphatic rings. The van der Waals surface area contributed by atoms with Crippen LogP contribution in [0.2, 0.25) is 0 Å². The van der Waals surface area contributed by atoms with Crippen LogP contribution in [0.5, 0.6) is 5.75 Å². The minimum absolute atomic E-state index is 0.141. The van der Waals surface area contributed by atoms with Gasteiger partial charge in [0.25, 0.3) is 0 Å². The molecule has 0 amide bonds. The first-order valence-electron chi connectivity index (χ1n) is 9.99. The van der Waals surface area contributed by atoms with Gasteiger partial charge in [-0.3, -0.25) is 4.79 Å². The zero-order valence-corrected chi connectivity index (χ0v) is 17.4. The maximum absolute atomic E-state index is 12.5. The Morgan fingerprint density at radius 2 is 1.64 bits per heavy atom. The van der Waals surface area contributed by atoms with E-state index in [2.05, 4.69) is 13.8 Å². The Bertz CT molecular complexity index is 694. The highest BCUT2D eigenvalue weighted by Crippen LogP contribution is 2.31. The molecule has 0 aliphatic heterocycles. The van der Waals surface area contributed by atoms with Gasteiger partial charge >= 0.3 is 5.97 Å². The van der Waals surface area contributed by atoms with Gasteiger partial charge in [0.15, 0.2) is 0 Å². The zero-order valence-electron chi connectivity index (χ0n) is 17.4. The van der Waals surface area contributed by atoms with Gasteiger partial charge in [-0.25, -0.2) is 0 Å². The molecule has 0 saturated heterocycles. The molecule has 0 aromatic heterocycles. The average molecular weight is 385 g/mol. The van der Waals surface area contributed by atoms with Crippen molar-refractivity contribution in [2.75, 3.05) is 13.7 Å². The lowest BCUT2D eigenvalue weighted by atomic mass is 9.89. The summed E-state index contributed by atoms with van der Waals surface area (Å²) in [5, 5.41) is 0. The number of carbonyl (C=O) groups excluding carboxylic acids is 1. The summed E-state index contributed by atoms with van der Waals surface area (Å²) in [4.78, 5) is 12.5. The Morgan fingerprint density at radius 3 is 2.21 bits per heavy atom. The molecule has 0 N–H and O–H groups in total. The van der Waals surface area contributed by atoms with E-state index in [0.29, 0.717) is 25.6 Å². The van der Waals surface area contributed by atoms with Crippen molar-refractivity contribution in [1.29, 1.82) is 0 Å². The van der Waals surface area contributed by atoms with Gasteiger partial charge < -0.3 is 14.2 Å². The fraction of sp³-hybridized carbons (Fsp3) is 0.458. The molecule has 0 aliphatic carbocycles. The molecule has 4 nitrogen and oxygen atoms in total. The summed E-state index contributed by atoms with van der Waals surface area (Å²) in [5.74, 6) is 0.871. The van der Waals surface area contributed by atoms with Crippen molar-refractivity contribution >= 4 is 5.97 Å². The number of hydrogen-bond acceptors (Lipinski definition) is 4. The van der Waals surface area contributed by atoms with Crippen molar-refractivity contribution in [3.05, 3.63) is 65.7 Å². The second-order valence-electron chi connectivity index (χ2n) is 7.37. The van der Waals surface area contributed by atoms with Gasteiger partial charge in [-0.15, -0.1) is 0 Å². The number of hydrogen-bond donors (Lipinski definition) is 0. The predicted molar refractivity (Wildman–Crippen MR) is 111 cm³/mol. The van der Waals surface area contributed by atoms with E-state index in [1.165, 1.54) is 0 Å². The van der Waals surface area contributed by atoms with Gasteiger partial charge in [0.2, 0.25) is 0 Å². The fourth-order valence-corrected chi connectivity index (χ4v) is 3.27. The van der Waals surface area contributed by atoms with Crippen LogP contribution in [-0.2, 0) is 20.9 Å². The molecular formula is C24H32O4. The second-order valence-corrected chi connectivity index (χ2v) is 7.37. The van der Waals surface area contributed by atoms with Crippen molar-refractivity contribution in [3.63, 3.8) is 0 Å². The summed E-state index contributed by atoms with van der Waals surface area (Å²) < 4.78 is 16.9. The van der Waals surface area contributed by atoms with Crippen LogP contribution in [-0.4, -0.2) is 19.7 Å². The molecule has 2 aromatic rings. The summed E-state index contributed by atoms with van der Waals surface area (Å²) in [5.41, 5.74) is 2.15. The summed E-state index contributed by atoms with van der Waals surface area (Å²) in [6.45, 7) is 6.98. The topological polar surface area (TPSA) is 44.8 Å². The van der Waals surface area contributed by atoms with Crippen molar-refractivity contribution < 1.29 is 19.0 Å². The van der Waals surface area contributed by atoms with Crippen LogP contribution in [0.15, 0.2) is 54.6 Å². The first-order valence-corrected chi connectivity index (χ1v) is 9.99. The van der Waals surface area contributed by atoms with Crippen molar-refractivity contribution in [1.82, 2.24) is 0 Å². The molecule has 0 unspecified atom stereocenters. The summed E-state index contributed by atoms with van der Waals surface area (Å²) in [7, 11) is 1.65. The van der Waals surface area contributed by atoms with Crippen LogP contribution in [0.3, 0.4) is 0 Å². The smallest absolute Gasteiger partial charge is 0.309 e. The molecule has 4 heteroatoms. The standard InChI is InChI=1S/C24H32O4/c1-5-27-24(25)21(15-18(2)3)16-23(20-11-13-22(26-4)14-12-20)28-17-19-9-7-6-8-10-19/h6-14,18,21,23H,5,15-17H2,1-4H3/t21-,23+/m1/s1. The highest BCUT2D eigenvalue weighted by atomic mass is 16.5. The molecular weight excluding hydrogens is 352 g/mol. The Labute approximate surface area is 168 Å². The van der Waals surface area contributed by atoms with Crippen molar-refractivity contribution in [2.24, 2.45) is 11.8 Å². The van der Waals surface area contributed by atoms with Crippen LogP contribution >= 0.6 is 0 Å². The second kappa shape index (κ2) is 11.5. The third-order valence-electron chi connectivity index (χ3n) is 4.66. The lowest BCUT2D eigenvalue weighted by Gasteiger charge is -2.24. The van der Waals surface area contributed by atoms with E-state index in [9.17, 15) is 4.79 Å². The third kappa shape index (κ3) is 7.01. The SMILES string of the molecule is CCOC(=O)[C@H](CC(C)C)C[C@H](OCc1ccccc1)c1ccc(OC)cc1. The highest BCUT2D eigenvalue weighted by molar-refractivity contribution is 5.72. The first kappa shape index (κ1) is 22.0. The van der Waals surface area contributed by atoms with E-state index >= 15 is 0 Å². The van der Waals surface area contributed by atoms with Gasteiger partial charge in [-0.2, -0.15) is 0 Å². The van der Waals surface area contributed by atoms with E-state index < -0.39 is 0 Å². The Morgan fingerprint density at radius 1 is 0.964 bits per heavy atom.